The molecule has 1 aromatic carbocycles. The van der Waals surface area contributed by atoms with Gasteiger partial charge in [0.25, 0.3) is 0 Å². The van der Waals surface area contributed by atoms with Gasteiger partial charge in [0, 0.05) is 30.1 Å². The topological polar surface area (TPSA) is 107 Å². The number of hydrogen-bond acceptors (Lipinski definition) is 5. The fourth-order valence-corrected chi connectivity index (χ4v) is 3.62. The number of nitrogens with zero attached hydrogens (tertiary/aromatic N) is 1. The van der Waals surface area contributed by atoms with Crippen LogP contribution in [0, 0.1) is 5.92 Å². The van der Waals surface area contributed by atoms with Crippen molar-refractivity contribution in [3.05, 3.63) is 29.3 Å². The number of amides is 1. The fraction of sp³-hybridized carbons (Fsp3) is 0.385. The van der Waals surface area contributed by atoms with E-state index < -0.39 is 16.0 Å². The quantitative estimate of drug-likeness (QED) is 0.791. The van der Waals surface area contributed by atoms with Gasteiger partial charge in [0.05, 0.1) is 11.3 Å². The number of primary sulfonamides is 1. The lowest BCUT2D eigenvalue weighted by atomic mass is 10.1. The third-order valence-corrected chi connectivity index (χ3v) is 4.59. The summed E-state index contributed by atoms with van der Waals surface area (Å²) in [6.07, 6.45) is 0.137. The predicted molar refractivity (Wildman–Crippen MR) is 74.0 cm³/mol. The van der Waals surface area contributed by atoms with Gasteiger partial charge in [-0.05, 0) is 12.1 Å². The summed E-state index contributed by atoms with van der Waals surface area (Å²) in [5.74, 6) is -1.12. The minimum Gasteiger partial charge on any atom is -0.457 e. The van der Waals surface area contributed by atoms with Gasteiger partial charge in [0.2, 0.25) is 15.9 Å². The molecule has 2 N–H and O–H groups in total. The summed E-state index contributed by atoms with van der Waals surface area (Å²) >= 11 is 0. The maximum atomic E-state index is 12.0. The number of esters is 1. The van der Waals surface area contributed by atoms with Crippen LogP contribution in [-0.2, 0) is 26.2 Å². The molecule has 2 aliphatic heterocycles. The van der Waals surface area contributed by atoms with E-state index >= 15 is 0 Å². The van der Waals surface area contributed by atoms with Gasteiger partial charge < -0.3 is 9.64 Å². The standard InChI is InChI=1S/C13H14N2O5S/c14-21(18,19)7-8-3-12(16)15(5-8)10-2-1-9-6-20-13(17)11(9)4-10/h1-2,4,8H,3,5-7H2,(H2,14,18,19). The van der Waals surface area contributed by atoms with Crippen molar-refractivity contribution in [2.24, 2.45) is 11.1 Å². The van der Waals surface area contributed by atoms with Gasteiger partial charge in [-0.25, -0.2) is 18.4 Å². The largest absolute Gasteiger partial charge is 0.457 e. The number of carbonyl (C=O) groups is 2. The van der Waals surface area contributed by atoms with E-state index in [0.717, 1.165) is 5.56 Å². The molecule has 1 fully saturated rings. The highest BCUT2D eigenvalue weighted by Crippen LogP contribution is 2.30. The minimum absolute atomic E-state index is 0.137. The lowest BCUT2D eigenvalue weighted by Gasteiger charge is -2.17. The summed E-state index contributed by atoms with van der Waals surface area (Å²) in [7, 11) is -3.61. The van der Waals surface area contributed by atoms with Crippen LogP contribution in [0.1, 0.15) is 22.3 Å². The van der Waals surface area contributed by atoms with Gasteiger partial charge in [-0.3, -0.25) is 4.79 Å². The second-order valence-corrected chi connectivity index (χ2v) is 6.98. The third kappa shape index (κ3) is 2.77. The molecule has 21 heavy (non-hydrogen) atoms. The number of ether oxygens (including phenoxy) is 1. The molecule has 8 heteroatoms. The number of rotatable bonds is 3. The van der Waals surface area contributed by atoms with Crippen molar-refractivity contribution in [2.45, 2.75) is 13.0 Å². The maximum Gasteiger partial charge on any atom is 0.338 e. The fourth-order valence-electron chi connectivity index (χ4n) is 2.74. The SMILES string of the molecule is NS(=O)(=O)CC1CC(=O)N(c2ccc3c(c2)C(=O)OC3)C1. The van der Waals surface area contributed by atoms with Crippen LogP contribution < -0.4 is 10.0 Å². The first kappa shape index (κ1) is 14.0. The van der Waals surface area contributed by atoms with Crippen molar-refractivity contribution in [3.63, 3.8) is 0 Å². The van der Waals surface area contributed by atoms with E-state index in [9.17, 15) is 18.0 Å². The van der Waals surface area contributed by atoms with E-state index in [1.165, 1.54) is 4.90 Å². The normalized spacial score (nSPS) is 21.6. The molecule has 0 bridgehead atoms. The molecule has 1 saturated heterocycles. The van der Waals surface area contributed by atoms with Crippen molar-refractivity contribution in [1.82, 2.24) is 0 Å². The Labute approximate surface area is 121 Å². The molecule has 3 rings (SSSR count). The molecule has 2 heterocycles. The number of anilines is 1. The zero-order chi connectivity index (χ0) is 15.2. The second-order valence-electron chi connectivity index (χ2n) is 5.32. The van der Waals surface area contributed by atoms with Crippen LogP contribution >= 0.6 is 0 Å². The van der Waals surface area contributed by atoms with Crippen LogP contribution in [-0.4, -0.2) is 32.6 Å². The van der Waals surface area contributed by atoms with E-state index in [4.69, 9.17) is 9.88 Å². The number of carbonyl (C=O) groups excluding carboxylic acids is 2. The second kappa shape index (κ2) is 4.81. The lowest BCUT2D eigenvalue weighted by molar-refractivity contribution is -0.117. The molecular formula is C13H14N2O5S. The predicted octanol–water partition coefficient (Wildman–Crippen LogP) is -0.00160. The highest BCUT2D eigenvalue weighted by molar-refractivity contribution is 7.89. The van der Waals surface area contributed by atoms with Gasteiger partial charge in [-0.1, -0.05) is 6.07 Å². The molecule has 1 aromatic rings. The molecule has 0 saturated carbocycles. The van der Waals surface area contributed by atoms with Crippen molar-refractivity contribution < 1.29 is 22.7 Å². The van der Waals surface area contributed by atoms with E-state index in [1.807, 2.05) is 0 Å². The Morgan fingerprint density at radius 1 is 1.33 bits per heavy atom. The van der Waals surface area contributed by atoms with Crippen molar-refractivity contribution in [2.75, 3.05) is 17.2 Å². The van der Waals surface area contributed by atoms with Gasteiger partial charge in [0.1, 0.15) is 6.61 Å². The highest BCUT2D eigenvalue weighted by Gasteiger charge is 2.33. The minimum atomic E-state index is -3.61. The molecule has 0 spiro atoms. The Balaban J connectivity index is 1.83. The Hall–Kier alpha value is -1.93. The smallest absolute Gasteiger partial charge is 0.338 e. The number of fused-ring (bicyclic) bond motifs is 1. The van der Waals surface area contributed by atoms with Crippen LogP contribution in [0.25, 0.3) is 0 Å². The molecule has 1 amide bonds. The average molecular weight is 310 g/mol. The summed E-state index contributed by atoms with van der Waals surface area (Å²) in [5, 5.41) is 5.02. The highest BCUT2D eigenvalue weighted by atomic mass is 32.2. The first-order valence-corrected chi connectivity index (χ1v) is 8.16. The molecule has 0 aromatic heterocycles. The lowest BCUT2D eigenvalue weighted by Crippen LogP contribution is -2.27. The van der Waals surface area contributed by atoms with Crippen molar-refractivity contribution in [3.8, 4) is 0 Å². The Kier molecular flexibility index (Phi) is 3.22. The first-order valence-electron chi connectivity index (χ1n) is 6.44. The maximum absolute atomic E-state index is 12.0. The molecule has 0 aliphatic carbocycles. The molecule has 7 nitrogen and oxygen atoms in total. The Morgan fingerprint density at radius 2 is 2.10 bits per heavy atom. The van der Waals surface area contributed by atoms with E-state index in [0.29, 0.717) is 11.3 Å². The van der Waals surface area contributed by atoms with E-state index in [1.54, 1.807) is 18.2 Å². The third-order valence-electron chi connectivity index (χ3n) is 3.66. The van der Waals surface area contributed by atoms with Gasteiger partial charge in [0.15, 0.2) is 0 Å². The first-order chi connectivity index (χ1) is 9.83. The molecule has 0 radical (unpaired) electrons. The molecule has 2 aliphatic rings. The number of nitrogens with two attached hydrogens (primary N) is 1. The Morgan fingerprint density at radius 3 is 2.81 bits per heavy atom. The molecular weight excluding hydrogens is 296 g/mol. The van der Waals surface area contributed by atoms with Crippen molar-refractivity contribution >= 4 is 27.6 Å². The monoisotopic (exact) mass is 310 g/mol. The van der Waals surface area contributed by atoms with Crippen LogP contribution in [0.5, 0.6) is 0 Å². The summed E-state index contributed by atoms with van der Waals surface area (Å²) < 4.78 is 27.2. The number of sulfonamides is 1. The Bertz CT molecular complexity index is 728. The van der Waals surface area contributed by atoms with Crippen LogP contribution in [0.4, 0.5) is 5.69 Å². The number of cyclic esters (lactones) is 1. The summed E-state index contributed by atoms with van der Waals surface area (Å²) in [4.78, 5) is 25.1. The summed E-state index contributed by atoms with van der Waals surface area (Å²) in [6, 6.07) is 5.09. The molecule has 112 valence electrons. The van der Waals surface area contributed by atoms with Gasteiger partial charge >= 0.3 is 5.97 Å². The average Bonchev–Trinajstić information content (AvgIpc) is 2.91. The van der Waals surface area contributed by atoms with E-state index in [-0.39, 0.29) is 37.2 Å². The van der Waals surface area contributed by atoms with Crippen LogP contribution in [0.2, 0.25) is 0 Å². The summed E-state index contributed by atoms with van der Waals surface area (Å²) in [6.45, 7) is 0.527. The number of benzene rings is 1. The van der Waals surface area contributed by atoms with Crippen LogP contribution in [0.3, 0.4) is 0 Å². The zero-order valence-electron chi connectivity index (χ0n) is 11.1. The van der Waals surface area contributed by atoms with E-state index in [2.05, 4.69) is 0 Å². The summed E-state index contributed by atoms with van der Waals surface area (Å²) in [5.41, 5.74) is 1.82. The number of hydrogen-bond donors (Lipinski definition) is 1. The molecule has 1 atom stereocenters. The van der Waals surface area contributed by atoms with Gasteiger partial charge in [-0.15, -0.1) is 0 Å². The zero-order valence-corrected chi connectivity index (χ0v) is 11.9. The van der Waals surface area contributed by atoms with Crippen molar-refractivity contribution in [1.29, 1.82) is 0 Å². The van der Waals surface area contributed by atoms with Gasteiger partial charge in [-0.2, -0.15) is 0 Å². The van der Waals surface area contributed by atoms with Crippen LogP contribution in [0.15, 0.2) is 18.2 Å². The molecule has 1 unspecified atom stereocenters.